The van der Waals surface area contributed by atoms with Crippen LogP contribution in [0.5, 0.6) is 0 Å². The van der Waals surface area contributed by atoms with Crippen molar-refractivity contribution in [3.8, 4) is 0 Å². The smallest absolute Gasteiger partial charge is 0.314 e. The number of halogens is 6. The lowest BCUT2D eigenvalue weighted by atomic mass is 9.94. The molecule has 0 saturated carbocycles. The highest BCUT2D eigenvalue weighted by Gasteiger charge is 2.32. The summed E-state index contributed by atoms with van der Waals surface area (Å²) < 4.78 is 40.0. The van der Waals surface area contributed by atoms with Gasteiger partial charge in [-0.2, -0.15) is 13.2 Å². The maximum Gasteiger partial charge on any atom is 0.416 e. The zero-order valence-electron chi connectivity index (χ0n) is 14.4. The highest BCUT2D eigenvalue weighted by Crippen LogP contribution is 2.37. The molecule has 0 bridgehead atoms. The van der Waals surface area contributed by atoms with Crippen molar-refractivity contribution in [3.63, 3.8) is 0 Å². The third kappa shape index (κ3) is 7.25. The van der Waals surface area contributed by atoms with Crippen molar-refractivity contribution in [3.05, 3.63) is 33.8 Å². The summed E-state index contributed by atoms with van der Waals surface area (Å²) in [5.74, 6) is 0.532. The second kappa shape index (κ2) is 11.0. The first-order valence-corrected chi connectivity index (χ1v) is 8.89. The monoisotopic (exact) mass is 464 g/mol. The van der Waals surface area contributed by atoms with Crippen LogP contribution in [-0.4, -0.2) is 31.1 Å². The molecule has 0 amide bonds. The standard InChI is InChI=1S/C17H24BrF3N2.2ClH/c1-12(2)3-6-16(23-9-7-22-8-10-23)14-11-13(17(19,20)21)4-5-15(14)18;;/h4-5,11-12,16,22H,3,6-10H2,1-2H3;2*1H/t16-;;/m0../s1. The van der Waals surface area contributed by atoms with Gasteiger partial charge >= 0.3 is 6.18 Å². The number of hydrogen-bond donors (Lipinski definition) is 1. The molecule has 1 fully saturated rings. The fraction of sp³-hybridized carbons (Fsp3) is 0.647. The van der Waals surface area contributed by atoms with Crippen molar-refractivity contribution in [1.29, 1.82) is 0 Å². The maximum absolute atomic E-state index is 13.1. The SMILES string of the molecule is CC(C)CC[C@@H](c1cc(C(F)(F)F)ccc1Br)N1CCNCC1.Cl.Cl. The lowest BCUT2D eigenvalue weighted by Crippen LogP contribution is -2.45. The van der Waals surface area contributed by atoms with Crippen LogP contribution in [0.2, 0.25) is 0 Å². The van der Waals surface area contributed by atoms with Gasteiger partial charge in [0.1, 0.15) is 0 Å². The van der Waals surface area contributed by atoms with Crippen molar-refractivity contribution < 1.29 is 13.2 Å². The molecule has 146 valence electrons. The Balaban J connectivity index is 0.00000288. The van der Waals surface area contributed by atoms with Gasteiger partial charge in [-0.25, -0.2) is 0 Å². The number of benzene rings is 1. The van der Waals surface area contributed by atoms with Crippen molar-refractivity contribution in [2.75, 3.05) is 26.2 Å². The molecule has 1 aromatic carbocycles. The Hall–Kier alpha value is -0.0100. The summed E-state index contributed by atoms with van der Waals surface area (Å²) in [6.45, 7) is 7.80. The van der Waals surface area contributed by atoms with Crippen LogP contribution >= 0.6 is 40.7 Å². The number of piperazine rings is 1. The van der Waals surface area contributed by atoms with E-state index in [1.807, 2.05) is 0 Å². The summed E-state index contributed by atoms with van der Waals surface area (Å²) in [5.41, 5.74) is 0.183. The van der Waals surface area contributed by atoms with Gasteiger partial charge in [-0.15, -0.1) is 24.8 Å². The Labute approximate surface area is 168 Å². The largest absolute Gasteiger partial charge is 0.416 e. The lowest BCUT2D eigenvalue weighted by molar-refractivity contribution is -0.137. The first kappa shape index (κ1) is 25.0. The second-order valence-electron chi connectivity index (χ2n) is 6.51. The quantitative estimate of drug-likeness (QED) is 0.600. The van der Waals surface area contributed by atoms with E-state index in [0.29, 0.717) is 5.92 Å². The van der Waals surface area contributed by atoms with E-state index in [0.717, 1.165) is 55.1 Å². The lowest BCUT2D eigenvalue weighted by Gasteiger charge is -2.36. The van der Waals surface area contributed by atoms with Crippen LogP contribution in [0.15, 0.2) is 22.7 Å². The molecule has 1 heterocycles. The van der Waals surface area contributed by atoms with Gasteiger partial charge in [-0.05, 0) is 42.5 Å². The Morgan fingerprint density at radius 3 is 2.24 bits per heavy atom. The molecule has 1 aliphatic rings. The van der Waals surface area contributed by atoms with E-state index in [9.17, 15) is 13.2 Å². The molecule has 0 aromatic heterocycles. The molecule has 1 aromatic rings. The third-order valence-corrected chi connectivity index (χ3v) is 5.01. The van der Waals surface area contributed by atoms with Crippen LogP contribution < -0.4 is 5.32 Å². The molecule has 1 atom stereocenters. The minimum Gasteiger partial charge on any atom is -0.314 e. The van der Waals surface area contributed by atoms with Crippen LogP contribution in [0.1, 0.15) is 43.9 Å². The zero-order chi connectivity index (χ0) is 17.0. The Morgan fingerprint density at radius 1 is 1.12 bits per heavy atom. The molecule has 2 nitrogen and oxygen atoms in total. The molecule has 0 aliphatic carbocycles. The summed E-state index contributed by atoms with van der Waals surface area (Å²) in [4.78, 5) is 2.30. The number of nitrogens with one attached hydrogen (secondary N) is 1. The summed E-state index contributed by atoms with van der Waals surface area (Å²) in [5, 5.41) is 3.30. The van der Waals surface area contributed by atoms with Gasteiger partial charge in [0.05, 0.1) is 5.56 Å². The van der Waals surface area contributed by atoms with Gasteiger partial charge in [0.15, 0.2) is 0 Å². The fourth-order valence-corrected chi connectivity index (χ4v) is 3.51. The van der Waals surface area contributed by atoms with Gasteiger partial charge in [0.25, 0.3) is 0 Å². The average molecular weight is 466 g/mol. The first-order chi connectivity index (χ1) is 10.8. The Kier molecular flexibility index (Phi) is 11.0. The molecule has 0 unspecified atom stereocenters. The van der Waals surface area contributed by atoms with Crippen molar-refractivity contribution >= 4 is 40.7 Å². The molecular formula is C17H26BrCl2F3N2. The molecule has 0 spiro atoms. The van der Waals surface area contributed by atoms with Crippen molar-refractivity contribution in [2.45, 2.75) is 38.9 Å². The van der Waals surface area contributed by atoms with E-state index < -0.39 is 11.7 Å². The zero-order valence-corrected chi connectivity index (χ0v) is 17.6. The highest BCUT2D eigenvalue weighted by molar-refractivity contribution is 9.10. The number of hydrogen-bond acceptors (Lipinski definition) is 2. The van der Waals surface area contributed by atoms with Crippen LogP contribution in [0.3, 0.4) is 0 Å². The predicted molar refractivity (Wildman–Crippen MR) is 105 cm³/mol. The van der Waals surface area contributed by atoms with Gasteiger partial charge < -0.3 is 5.32 Å². The Bertz CT molecular complexity index is 521. The van der Waals surface area contributed by atoms with Crippen LogP contribution in [0.4, 0.5) is 13.2 Å². The van der Waals surface area contributed by atoms with Crippen molar-refractivity contribution in [2.24, 2.45) is 5.92 Å². The summed E-state index contributed by atoms with van der Waals surface area (Å²) in [7, 11) is 0. The predicted octanol–water partition coefficient (Wildman–Crippen LogP) is 5.69. The van der Waals surface area contributed by atoms with E-state index in [1.165, 1.54) is 12.1 Å². The van der Waals surface area contributed by atoms with E-state index in [-0.39, 0.29) is 30.9 Å². The average Bonchev–Trinajstić information content (AvgIpc) is 2.48. The normalized spacial score (nSPS) is 16.9. The molecule has 1 aliphatic heterocycles. The van der Waals surface area contributed by atoms with Gasteiger partial charge in [0.2, 0.25) is 0 Å². The summed E-state index contributed by atoms with van der Waals surface area (Å²) >= 11 is 3.46. The fourth-order valence-electron chi connectivity index (χ4n) is 3.00. The van der Waals surface area contributed by atoms with E-state index in [1.54, 1.807) is 0 Å². The molecular weight excluding hydrogens is 440 g/mol. The topological polar surface area (TPSA) is 15.3 Å². The van der Waals surface area contributed by atoms with Gasteiger partial charge in [0, 0.05) is 36.7 Å². The van der Waals surface area contributed by atoms with Crippen LogP contribution in [0.25, 0.3) is 0 Å². The molecule has 1 saturated heterocycles. The number of alkyl halides is 3. The number of rotatable bonds is 5. The maximum atomic E-state index is 13.1. The molecule has 1 N–H and O–H groups in total. The van der Waals surface area contributed by atoms with E-state index in [4.69, 9.17) is 0 Å². The van der Waals surface area contributed by atoms with Crippen LogP contribution in [0, 0.1) is 5.92 Å². The minimum atomic E-state index is -4.30. The summed E-state index contributed by atoms with van der Waals surface area (Å²) in [6.07, 6.45) is -2.43. The molecule has 2 rings (SSSR count). The third-order valence-electron chi connectivity index (χ3n) is 4.29. The highest BCUT2D eigenvalue weighted by atomic mass is 79.9. The van der Waals surface area contributed by atoms with Crippen LogP contribution in [-0.2, 0) is 6.18 Å². The second-order valence-corrected chi connectivity index (χ2v) is 7.36. The molecule has 25 heavy (non-hydrogen) atoms. The first-order valence-electron chi connectivity index (χ1n) is 8.10. The van der Waals surface area contributed by atoms with Gasteiger partial charge in [-0.3, -0.25) is 4.90 Å². The van der Waals surface area contributed by atoms with E-state index >= 15 is 0 Å². The summed E-state index contributed by atoms with van der Waals surface area (Å²) in [6, 6.07) is 4.01. The molecule has 0 radical (unpaired) electrons. The molecule has 8 heteroatoms. The van der Waals surface area contributed by atoms with Gasteiger partial charge in [-0.1, -0.05) is 29.8 Å². The van der Waals surface area contributed by atoms with E-state index in [2.05, 4.69) is 40.0 Å². The van der Waals surface area contributed by atoms with Crippen molar-refractivity contribution in [1.82, 2.24) is 10.2 Å². The Morgan fingerprint density at radius 2 is 1.72 bits per heavy atom. The number of nitrogens with zero attached hydrogens (tertiary/aromatic N) is 1. The minimum absolute atomic E-state index is 0.